The topological polar surface area (TPSA) is 43.8 Å². The molecule has 2 aromatic rings. The van der Waals surface area contributed by atoms with E-state index >= 15 is 0 Å². The smallest absolute Gasteiger partial charge is 0.0743 e. The Morgan fingerprint density at radius 1 is 1.35 bits per heavy atom. The summed E-state index contributed by atoms with van der Waals surface area (Å²) in [7, 11) is 0. The predicted molar refractivity (Wildman–Crippen MR) is 73.5 cm³/mol. The Labute approximate surface area is 110 Å². The number of benzene rings is 1. The summed E-state index contributed by atoms with van der Waals surface area (Å²) in [5, 5.41) is 4.52. The van der Waals surface area contributed by atoms with Crippen LogP contribution >= 0.6 is 15.9 Å². The Kier molecular flexibility index (Phi) is 3.64. The zero-order valence-corrected chi connectivity index (χ0v) is 11.7. The van der Waals surface area contributed by atoms with Gasteiger partial charge in [0.25, 0.3) is 0 Å². The third kappa shape index (κ3) is 2.42. The average molecular weight is 294 g/mol. The molecule has 1 heterocycles. The lowest BCUT2D eigenvalue weighted by Gasteiger charge is -2.06. The van der Waals surface area contributed by atoms with Crippen LogP contribution in [0.4, 0.5) is 0 Å². The minimum Gasteiger partial charge on any atom is -0.330 e. The summed E-state index contributed by atoms with van der Waals surface area (Å²) in [5.41, 5.74) is 10.0. The van der Waals surface area contributed by atoms with Crippen LogP contribution in [0.15, 0.2) is 28.7 Å². The van der Waals surface area contributed by atoms with E-state index in [1.54, 1.807) is 0 Å². The number of hydrogen-bond acceptors (Lipinski definition) is 2. The molecule has 2 rings (SSSR count). The Morgan fingerprint density at radius 3 is 2.71 bits per heavy atom. The number of nitrogens with zero attached hydrogens (tertiary/aromatic N) is 2. The van der Waals surface area contributed by atoms with E-state index in [0.29, 0.717) is 6.54 Å². The maximum absolute atomic E-state index is 5.58. The van der Waals surface area contributed by atoms with Crippen LogP contribution in [-0.4, -0.2) is 16.3 Å². The molecule has 0 saturated heterocycles. The molecule has 90 valence electrons. The molecular weight excluding hydrogens is 278 g/mol. The highest BCUT2D eigenvalue weighted by Gasteiger charge is 2.10. The van der Waals surface area contributed by atoms with E-state index in [1.807, 2.05) is 17.7 Å². The molecule has 0 spiro atoms. The van der Waals surface area contributed by atoms with Crippen molar-refractivity contribution in [1.82, 2.24) is 9.78 Å². The second-order valence-corrected chi connectivity index (χ2v) is 4.90. The first kappa shape index (κ1) is 12.3. The van der Waals surface area contributed by atoms with E-state index in [9.17, 15) is 0 Å². The fourth-order valence-electron chi connectivity index (χ4n) is 1.89. The van der Waals surface area contributed by atoms with Gasteiger partial charge in [-0.3, -0.25) is 0 Å². The normalized spacial score (nSPS) is 10.8. The molecule has 0 amide bonds. The van der Waals surface area contributed by atoms with Crippen LogP contribution in [0, 0.1) is 13.8 Å². The second kappa shape index (κ2) is 5.02. The number of aryl methyl sites for hydroxylation is 1. The van der Waals surface area contributed by atoms with Crippen LogP contribution < -0.4 is 5.73 Å². The van der Waals surface area contributed by atoms with E-state index in [4.69, 9.17) is 5.73 Å². The highest BCUT2D eigenvalue weighted by Crippen LogP contribution is 2.23. The quantitative estimate of drug-likeness (QED) is 0.946. The lowest BCUT2D eigenvalue weighted by Crippen LogP contribution is -2.04. The highest BCUT2D eigenvalue weighted by molar-refractivity contribution is 9.10. The minimum atomic E-state index is 0.671. The number of aromatic nitrogens is 2. The minimum absolute atomic E-state index is 0.671. The molecule has 2 N–H and O–H groups in total. The third-order valence-corrected chi connectivity index (χ3v) is 3.94. The summed E-state index contributed by atoms with van der Waals surface area (Å²) in [6.07, 6.45) is 0.897. The van der Waals surface area contributed by atoms with Gasteiger partial charge in [0.1, 0.15) is 0 Å². The first-order valence-electron chi connectivity index (χ1n) is 5.64. The van der Waals surface area contributed by atoms with Gasteiger partial charge in [-0.2, -0.15) is 5.10 Å². The van der Waals surface area contributed by atoms with Gasteiger partial charge in [0.2, 0.25) is 0 Å². The van der Waals surface area contributed by atoms with Crippen molar-refractivity contribution in [3.63, 3.8) is 0 Å². The number of rotatable bonds is 3. The van der Waals surface area contributed by atoms with Crippen LogP contribution in [0.2, 0.25) is 0 Å². The molecule has 0 fully saturated rings. The molecule has 3 nitrogen and oxygen atoms in total. The van der Waals surface area contributed by atoms with E-state index in [2.05, 4.69) is 46.2 Å². The average Bonchev–Trinajstić information content (AvgIpc) is 2.58. The van der Waals surface area contributed by atoms with Crippen molar-refractivity contribution in [3.05, 3.63) is 45.7 Å². The summed E-state index contributed by atoms with van der Waals surface area (Å²) in [6.45, 7) is 4.72. The number of hydrogen-bond donors (Lipinski definition) is 1. The van der Waals surface area contributed by atoms with E-state index < -0.39 is 0 Å². The molecule has 1 aromatic heterocycles. The standard InChI is InChI=1S/C13H16BrN3/c1-9-13(14)10(2)17(16-9)12-5-3-4-11(8-12)6-7-15/h3-5,8H,6-7,15H2,1-2H3. The Morgan fingerprint density at radius 2 is 2.12 bits per heavy atom. The van der Waals surface area contributed by atoms with Gasteiger partial charge >= 0.3 is 0 Å². The van der Waals surface area contributed by atoms with Crippen molar-refractivity contribution in [2.75, 3.05) is 6.54 Å². The van der Waals surface area contributed by atoms with Crippen molar-refractivity contribution in [3.8, 4) is 5.69 Å². The van der Waals surface area contributed by atoms with Crippen LogP contribution in [0.5, 0.6) is 0 Å². The molecule has 1 aromatic carbocycles. The van der Waals surface area contributed by atoms with Crippen molar-refractivity contribution in [1.29, 1.82) is 0 Å². The molecule has 0 aliphatic rings. The molecule has 0 aliphatic carbocycles. The summed E-state index contributed by atoms with van der Waals surface area (Å²) in [5.74, 6) is 0. The SMILES string of the molecule is Cc1nn(-c2cccc(CCN)c2)c(C)c1Br. The zero-order valence-electron chi connectivity index (χ0n) is 10.1. The van der Waals surface area contributed by atoms with Crippen molar-refractivity contribution < 1.29 is 0 Å². The fourth-order valence-corrected chi connectivity index (χ4v) is 2.13. The molecule has 0 atom stereocenters. The number of halogens is 1. The summed E-state index contributed by atoms with van der Waals surface area (Å²) < 4.78 is 3.03. The molecule has 0 saturated carbocycles. The summed E-state index contributed by atoms with van der Waals surface area (Å²) >= 11 is 3.54. The van der Waals surface area contributed by atoms with E-state index in [1.165, 1.54) is 5.56 Å². The lowest BCUT2D eigenvalue weighted by molar-refractivity contribution is 0.829. The maximum atomic E-state index is 5.58. The van der Waals surface area contributed by atoms with Crippen molar-refractivity contribution in [2.24, 2.45) is 5.73 Å². The van der Waals surface area contributed by atoms with Gasteiger partial charge in [-0.1, -0.05) is 12.1 Å². The van der Waals surface area contributed by atoms with Gasteiger partial charge in [0, 0.05) is 0 Å². The molecule has 0 aliphatic heterocycles. The Bertz CT molecular complexity index is 531. The molecule has 0 radical (unpaired) electrons. The highest BCUT2D eigenvalue weighted by atomic mass is 79.9. The van der Waals surface area contributed by atoms with Gasteiger partial charge in [-0.15, -0.1) is 0 Å². The van der Waals surface area contributed by atoms with Gasteiger partial charge in [0.05, 0.1) is 21.5 Å². The van der Waals surface area contributed by atoms with Crippen molar-refractivity contribution in [2.45, 2.75) is 20.3 Å². The number of nitrogens with two attached hydrogens (primary N) is 1. The Balaban J connectivity index is 2.45. The summed E-state index contributed by atoms with van der Waals surface area (Å²) in [6, 6.07) is 8.34. The first-order valence-corrected chi connectivity index (χ1v) is 6.44. The maximum Gasteiger partial charge on any atom is 0.0743 e. The van der Waals surface area contributed by atoms with Crippen molar-refractivity contribution >= 4 is 15.9 Å². The molecule has 17 heavy (non-hydrogen) atoms. The van der Waals surface area contributed by atoms with Gasteiger partial charge in [0.15, 0.2) is 0 Å². The van der Waals surface area contributed by atoms with Gasteiger partial charge < -0.3 is 5.73 Å². The second-order valence-electron chi connectivity index (χ2n) is 4.11. The predicted octanol–water partition coefficient (Wildman–Crippen LogP) is 2.75. The third-order valence-electron chi connectivity index (χ3n) is 2.79. The van der Waals surface area contributed by atoms with Crippen LogP contribution in [0.3, 0.4) is 0 Å². The first-order chi connectivity index (χ1) is 8.13. The van der Waals surface area contributed by atoms with E-state index in [-0.39, 0.29) is 0 Å². The molecule has 0 bridgehead atoms. The van der Waals surface area contributed by atoms with Gasteiger partial charge in [-0.25, -0.2) is 4.68 Å². The largest absolute Gasteiger partial charge is 0.330 e. The lowest BCUT2D eigenvalue weighted by atomic mass is 10.1. The molecule has 4 heteroatoms. The van der Waals surface area contributed by atoms with E-state index in [0.717, 1.165) is 28.0 Å². The monoisotopic (exact) mass is 293 g/mol. The van der Waals surface area contributed by atoms with Crippen LogP contribution in [0.25, 0.3) is 5.69 Å². The molecule has 0 unspecified atom stereocenters. The fraction of sp³-hybridized carbons (Fsp3) is 0.308. The Hall–Kier alpha value is -1.13. The van der Waals surface area contributed by atoms with Crippen LogP contribution in [-0.2, 0) is 6.42 Å². The zero-order chi connectivity index (χ0) is 12.4. The van der Waals surface area contributed by atoms with Gasteiger partial charge in [-0.05, 0) is 60.4 Å². The summed E-state index contributed by atoms with van der Waals surface area (Å²) in [4.78, 5) is 0. The van der Waals surface area contributed by atoms with Crippen LogP contribution in [0.1, 0.15) is 17.0 Å². The molecular formula is C13H16BrN3.